The van der Waals surface area contributed by atoms with Crippen LogP contribution < -0.4 is 10.4 Å². The summed E-state index contributed by atoms with van der Waals surface area (Å²) in [5, 5.41) is 2.27. The van der Waals surface area contributed by atoms with Crippen LogP contribution in [0.2, 0.25) is 5.04 Å². The van der Waals surface area contributed by atoms with Gasteiger partial charge in [0, 0.05) is 31.8 Å². The van der Waals surface area contributed by atoms with Crippen molar-refractivity contribution in [2.24, 2.45) is 16.2 Å². The molecule has 5 rings (SSSR count). The number of ether oxygens (including phenoxy) is 5. The summed E-state index contributed by atoms with van der Waals surface area (Å²) in [7, 11) is -2.78. The lowest BCUT2D eigenvalue weighted by molar-refractivity contribution is -0.260. The molecule has 6 atom stereocenters. The first-order valence-electron chi connectivity index (χ1n) is 26.8. The summed E-state index contributed by atoms with van der Waals surface area (Å²) in [5.41, 5.74) is -1.81. The predicted octanol–water partition coefficient (Wildman–Crippen LogP) is 11.2. The van der Waals surface area contributed by atoms with Crippen LogP contribution in [-0.4, -0.2) is 105 Å². The number of carbonyl (C=O) groups is 4. The maximum Gasteiger partial charge on any atom is 0.410 e. The van der Waals surface area contributed by atoms with E-state index in [1.165, 1.54) is 10.4 Å². The van der Waals surface area contributed by atoms with E-state index in [4.69, 9.17) is 28.1 Å². The Morgan fingerprint density at radius 2 is 1.22 bits per heavy atom. The largest absolute Gasteiger partial charge is 0.455 e. The average molecular weight is 1030 g/mol. The molecule has 0 bridgehead atoms. The summed E-state index contributed by atoms with van der Waals surface area (Å²) in [6.45, 7) is 26.3. The highest BCUT2D eigenvalue weighted by atomic mass is 28.4. The Balaban J connectivity index is 1.49. The Morgan fingerprint density at radius 1 is 0.685 bits per heavy atom. The quantitative estimate of drug-likeness (QED) is 0.0332. The summed E-state index contributed by atoms with van der Waals surface area (Å²) in [4.78, 5) is 60.1. The fourth-order valence-corrected chi connectivity index (χ4v) is 14.1. The van der Waals surface area contributed by atoms with Crippen LogP contribution in [-0.2, 0) is 49.1 Å². The van der Waals surface area contributed by atoms with Crippen LogP contribution in [0.1, 0.15) is 147 Å². The van der Waals surface area contributed by atoms with Gasteiger partial charge in [-0.25, -0.2) is 4.79 Å². The lowest BCUT2D eigenvalue weighted by Crippen LogP contribution is -2.66. The number of hydrogen-bond acceptors (Lipinski definition) is 11. The molecule has 73 heavy (non-hydrogen) atoms. The normalized spacial score (nSPS) is 20.4. The van der Waals surface area contributed by atoms with E-state index in [0.717, 1.165) is 37.7 Å². The minimum absolute atomic E-state index is 0.0983. The van der Waals surface area contributed by atoms with Gasteiger partial charge in [-0.2, -0.15) is 0 Å². The second-order valence-electron chi connectivity index (χ2n) is 24.0. The maximum atomic E-state index is 14.7. The Labute approximate surface area is 439 Å². The Bertz CT molecular complexity index is 2190. The SMILES string of the molecule is CCCCC[C@@H](C[C@H]1C=CCCN1[C@H]1OC[C@@H](OC(=O)C(C)(C)C)C(OC(=O)C(C)(C)C)C1OC(=O)C(C)(C)C)N(CCCCO[Si](c1ccccc1)(c1ccccc1)C(C)(C)C)C(=O)OCc1ccccc1. The molecule has 12 nitrogen and oxygen atoms in total. The number of hydrogen-bond donors (Lipinski definition) is 0. The summed E-state index contributed by atoms with van der Waals surface area (Å²) < 4.78 is 39.0. The van der Waals surface area contributed by atoms with Crippen LogP contribution in [0.25, 0.3) is 0 Å². The number of amides is 1. The van der Waals surface area contributed by atoms with Crippen molar-refractivity contribution in [2.45, 2.75) is 190 Å². The van der Waals surface area contributed by atoms with E-state index in [0.29, 0.717) is 39.0 Å². The first-order valence-corrected chi connectivity index (χ1v) is 28.7. The van der Waals surface area contributed by atoms with Gasteiger partial charge in [-0.05, 0) is 115 Å². The Kier molecular flexibility index (Phi) is 21.1. The van der Waals surface area contributed by atoms with Gasteiger partial charge in [0.15, 0.2) is 24.5 Å². The van der Waals surface area contributed by atoms with Gasteiger partial charge in [-0.3, -0.25) is 19.3 Å². The molecule has 2 aliphatic heterocycles. The third kappa shape index (κ3) is 16.1. The highest BCUT2D eigenvalue weighted by molar-refractivity contribution is 6.99. The first kappa shape index (κ1) is 59.1. The minimum atomic E-state index is -2.78. The van der Waals surface area contributed by atoms with Gasteiger partial charge in [-0.1, -0.05) is 150 Å². The van der Waals surface area contributed by atoms with E-state index in [-0.39, 0.29) is 36.4 Å². The van der Waals surface area contributed by atoms with Gasteiger partial charge >= 0.3 is 24.0 Å². The lowest BCUT2D eigenvalue weighted by Gasteiger charge is -2.49. The number of carbonyl (C=O) groups excluding carboxylic acids is 4. The van der Waals surface area contributed by atoms with Crippen LogP contribution in [0, 0.1) is 16.2 Å². The van der Waals surface area contributed by atoms with Crippen molar-refractivity contribution in [2.75, 3.05) is 26.3 Å². The number of esters is 3. The van der Waals surface area contributed by atoms with Crippen molar-refractivity contribution in [1.29, 1.82) is 0 Å². The summed E-state index contributed by atoms with van der Waals surface area (Å²) >= 11 is 0. The van der Waals surface area contributed by atoms with Gasteiger partial charge in [0.05, 0.1) is 22.9 Å². The monoisotopic (exact) mass is 1020 g/mol. The number of unbranched alkanes of at least 4 members (excludes halogenated alkanes) is 3. The standard InChI is InChI=1S/C60H88N2O10Si/c1-14-15-19-32-46(41-45-33-26-27-38-61(45)52-51(72-55(65)59(8,9)10)50(71-54(64)58(5,6)7)49(43-67-52)70-53(63)57(2,3)4)62(56(66)68-42-44-30-20-16-21-31-44)39-28-29-40-69-73(60(11,12)13,47-34-22-17-23-35-47)48-36-24-18-25-37-48/h16-18,20-26,30-31,33-37,45-46,49-52H,14-15,19,27-29,32,38-43H2,1-13H3/t45-,46+,49-,50?,51?,52+/m1/s1. The van der Waals surface area contributed by atoms with E-state index in [1.807, 2.05) is 47.4 Å². The van der Waals surface area contributed by atoms with Crippen molar-refractivity contribution < 1.29 is 47.3 Å². The smallest absolute Gasteiger partial charge is 0.410 e. The van der Waals surface area contributed by atoms with Gasteiger partial charge in [0.2, 0.25) is 0 Å². The van der Waals surface area contributed by atoms with Crippen molar-refractivity contribution in [3.63, 3.8) is 0 Å². The molecule has 2 heterocycles. The van der Waals surface area contributed by atoms with E-state index < -0.39 is 67.0 Å². The molecule has 0 radical (unpaired) electrons. The fraction of sp³-hybridized carbons (Fsp3) is 0.600. The summed E-state index contributed by atoms with van der Waals surface area (Å²) in [6, 6.07) is 30.5. The zero-order chi connectivity index (χ0) is 53.6. The predicted molar refractivity (Wildman–Crippen MR) is 291 cm³/mol. The van der Waals surface area contributed by atoms with Gasteiger partial charge in [-0.15, -0.1) is 0 Å². The van der Waals surface area contributed by atoms with Gasteiger partial charge in [0.1, 0.15) is 6.61 Å². The van der Waals surface area contributed by atoms with Crippen LogP contribution in [0.15, 0.2) is 103 Å². The highest BCUT2D eigenvalue weighted by Gasteiger charge is 2.53. The molecule has 1 fully saturated rings. The van der Waals surface area contributed by atoms with Crippen LogP contribution in [0.5, 0.6) is 0 Å². The number of rotatable bonds is 21. The third-order valence-corrected chi connectivity index (χ3v) is 18.8. The lowest BCUT2D eigenvalue weighted by atomic mass is 9.92. The van der Waals surface area contributed by atoms with Crippen molar-refractivity contribution in [3.8, 4) is 0 Å². The number of nitrogens with zero attached hydrogens (tertiary/aromatic N) is 2. The van der Waals surface area contributed by atoms with Gasteiger partial charge < -0.3 is 33.0 Å². The highest BCUT2D eigenvalue weighted by Crippen LogP contribution is 2.38. The van der Waals surface area contributed by atoms with Crippen LogP contribution in [0.4, 0.5) is 4.79 Å². The number of benzene rings is 3. The molecule has 13 heteroatoms. The molecule has 2 unspecified atom stereocenters. The zero-order valence-electron chi connectivity index (χ0n) is 46.4. The zero-order valence-corrected chi connectivity index (χ0v) is 47.4. The molecule has 0 N–H and O–H groups in total. The molecular weight excluding hydrogens is 937 g/mol. The second kappa shape index (κ2) is 26.1. The molecular formula is C60H88N2O10Si. The molecule has 402 valence electrons. The van der Waals surface area contributed by atoms with E-state index >= 15 is 0 Å². The molecule has 3 aromatic rings. The molecule has 0 aliphatic carbocycles. The molecule has 1 amide bonds. The Hall–Kier alpha value is -4.82. The van der Waals surface area contributed by atoms with E-state index in [2.05, 4.69) is 93.3 Å². The minimum Gasteiger partial charge on any atom is -0.455 e. The van der Waals surface area contributed by atoms with Crippen LogP contribution >= 0.6 is 0 Å². The second-order valence-corrected chi connectivity index (χ2v) is 28.3. The third-order valence-electron chi connectivity index (χ3n) is 13.7. The molecule has 0 aromatic heterocycles. The molecule has 3 aromatic carbocycles. The molecule has 1 saturated heterocycles. The Morgan fingerprint density at radius 3 is 1.75 bits per heavy atom. The fourth-order valence-electron chi connectivity index (χ4n) is 9.51. The van der Waals surface area contributed by atoms with Crippen molar-refractivity contribution in [3.05, 3.63) is 109 Å². The summed E-state index contributed by atoms with van der Waals surface area (Å²) in [5.74, 6) is -1.54. The van der Waals surface area contributed by atoms with Gasteiger partial charge in [0.25, 0.3) is 8.32 Å². The average Bonchev–Trinajstić information content (AvgIpc) is 3.33. The van der Waals surface area contributed by atoms with Crippen molar-refractivity contribution >= 4 is 42.7 Å². The van der Waals surface area contributed by atoms with Crippen molar-refractivity contribution in [1.82, 2.24) is 9.80 Å². The molecule has 2 aliphatic rings. The topological polar surface area (TPSA) is 130 Å². The molecule has 0 spiro atoms. The van der Waals surface area contributed by atoms with Crippen LogP contribution in [0.3, 0.4) is 0 Å². The molecule has 0 saturated carbocycles. The maximum absolute atomic E-state index is 14.7. The van der Waals surface area contributed by atoms with E-state index in [1.54, 1.807) is 62.3 Å². The van der Waals surface area contributed by atoms with E-state index in [9.17, 15) is 19.2 Å². The summed E-state index contributed by atoms with van der Waals surface area (Å²) in [6.07, 6.45) is 5.86. The first-order chi connectivity index (χ1) is 34.4.